The van der Waals surface area contributed by atoms with Crippen LogP contribution in [0, 0.1) is 0 Å². The molecule has 1 spiro atoms. The zero-order chi connectivity index (χ0) is 18.7. The normalized spacial score (nSPS) is 21.3. The van der Waals surface area contributed by atoms with Crippen molar-refractivity contribution in [1.29, 1.82) is 0 Å². The van der Waals surface area contributed by atoms with Crippen LogP contribution in [0.3, 0.4) is 0 Å². The van der Waals surface area contributed by atoms with E-state index < -0.39 is 6.10 Å². The summed E-state index contributed by atoms with van der Waals surface area (Å²) in [6, 6.07) is 9.11. The van der Waals surface area contributed by atoms with Gasteiger partial charge in [-0.15, -0.1) is 0 Å². The van der Waals surface area contributed by atoms with Crippen LogP contribution in [0.4, 0.5) is 0 Å². The molecule has 4 rings (SSSR count). The summed E-state index contributed by atoms with van der Waals surface area (Å²) < 4.78 is 6.13. The first kappa shape index (κ1) is 18.2. The van der Waals surface area contributed by atoms with Gasteiger partial charge in [-0.05, 0) is 18.4 Å². The number of imidazole rings is 1. The highest BCUT2D eigenvalue weighted by Gasteiger charge is 2.42. The van der Waals surface area contributed by atoms with Crippen LogP contribution in [0.15, 0.2) is 42.7 Å². The maximum atomic E-state index is 12.8. The van der Waals surface area contributed by atoms with Gasteiger partial charge in [0.2, 0.25) is 0 Å². The Morgan fingerprint density at radius 1 is 1.26 bits per heavy atom. The largest absolute Gasteiger partial charge is 0.378 e. The molecule has 27 heavy (non-hydrogen) atoms. The minimum atomic E-state index is -1.11. The number of piperidine rings is 1. The molecule has 144 valence electrons. The van der Waals surface area contributed by atoms with Crippen molar-refractivity contribution in [1.82, 2.24) is 19.8 Å². The SMILES string of the molecule is O=C(C(O)c1ccccc1)N1CCOC2(CCN(Cc3ncc[nH]3)CC2)C1. The second-order valence-corrected chi connectivity index (χ2v) is 7.42. The first-order valence-corrected chi connectivity index (χ1v) is 9.52. The minimum absolute atomic E-state index is 0.234. The molecular weight excluding hydrogens is 344 g/mol. The molecular formula is C20H26N4O3. The standard InChI is InChI=1S/C20H26N4O3/c25-18(16-4-2-1-3-5-16)19(26)24-12-13-27-20(15-24)6-10-23(11-7-20)14-17-21-8-9-22-17/h1-5,8-9,18,25H,6-7,10-15H2,(H,21,22). The Hall–Kier alpha value is -2.22. The van der Waals surface area contributed by atoms with Gasteiger partial charge in [0.25, 0.3) is 5.91 Å². The van der Waals surface area contributed by atoms with E-state index in [0.717, 1.165) is 38.3 Å². The van der Waals surface area contributed by atoms with Crippen LogP contribution in [0.2, 0.25) is 0 Å². The van der Waals surface area contributed by atoms with Gasteiger partial charge >= 0.3 is 0 Å². The number of hydrogen-bond donors (Lipinski definition) is 2. The Bertz CT molecular complexity index is 742. The summed E-state index contributed by atoms with van der Waals surface area (Å²) in [4.78, 5) is 24.3. The second-order valence-electron chi connectivity index (χ2n) is 7.42. The molecule has 2 aliphatic heterocycles. The molecule has 2 aliphatic rings. The summed E-state index contributed by atoms with van der Waals surface area (Å²) in [5.41, 5.74) is 0.334. The highest BCUT2D eigenvalue weighted by atomic mass is 16.5. The fourth-order valence-electron chi connectivity index (χ4n) is 4.00. The number of ether oxygens (including phenoxy) is 1. The van der Waals surface area contributed by atoms with Crippen molar-refractivity contribution in [3.05, 3.63) is 54.1 Å². The number of aromatic nitrogens is 2. The first-order chi connectivity index (χ1) is 13.2. The van der Waals surface area contributed by atoms with E-state index in [1.165, 1.54) is 0 Å². The van der Waals surface area contributed by atoms with Gasteiger partial charge in [-0.2, -0.15) is 0 Å². The minimum Gasteiger partial charge on any atom is -0.378 e. The number of aromatic amines is 1. The van der Waals surface area contributed by atoms with Crippen LogP contribution in [0.5, 0.6) is 0 Å². The molecule has 0 radical (unpaired) electrons. The van der Waals surface area contributed by atoms with Crippen molar-refractivity contribution >= 4 is 5.91 Å². The van der Waals surface area contributed by atoms with Crippen molar-refractivity contribution in [2.45, 2.75) is 31.1 Å². The topological polar surface area (TPSA) is 81.7 Å². The number of benzene rings is 1. The summed E-state index contributed by atoms with van der Waals surface area (Å²) >= 11 is 0. The number of aliphatic hydroxyl groups excluding tert-OH is 1. The van der Waals surface area contributed by atoms with Crippen LogP contribution in [0.25, 0.3) is 0 Å². The number of carbonyl (C=O) groups is 1. The lowest BCUT2D eigenvalue weighted by molar-refractivity contribution is -0.166. The molecule has 1 amide bonds. The number of rotatable bonds is 4. The van der Waals surface area contributed by atoms with Gasteiger partial charge in [-0.25, -0.2) is 4.98 Å². The van der Waals surface area contributed by atoms with Gasteiger partial charge in [0.1, 0.15) is 5.82 Å². The number of morpholine rings is 1. The molecule has 1 unspecified atom stereocenters. The third-order valence-corrected chi connectivity index (χ3v) is 5.60. The van der Waals surface area contributed by atoms with E-state index >= 15 is 0 Å². The van der Waals surface area contributed by atoms with Gasteiger partial charge in [-0.1, -0.05) is 30.3 Å². The molecule has 3 heterocycles. The zero-order valence-electron chi connectivity index (χ0n) is 15.4. The lowest BCUT2D eigenvalue weighted by Crippen LogP contribution is -2.58. The molecule has 0 aliphatic carbocycles. The number of carbonyl (C=O) groups excluding carboxylic acids is 1. The summed E-state index contributed by atoms with van der Waals surface area (Å²) in [6.07, 6.45) is 4.25. The van der Waals surface area contributed by atoms with E-state index in [-0.39, 0.29) is 11.5 Å². The molecule has 7 heteroatoms. The Morgan fingerprint density at radius 3 is 2.74 bits per heavy atom. The molecule has 1 aromatic heterocycles. The van der Waals surface area contributed by atoms with Crippen molar-refractivity contribution < 1.29 is 14.6 Å². The quantitative estimate of drug-likeness (QED) is 0.849. The Labute approximate surface area is 159 Å². The molecule has 0 bridgehead atoms. The van der Waals surface area contributed by atoms with Gasteiger partial charge < -0.3 is 19.7 Å². The first-order valence-electron chi connectivity index (χ1n) is 9.52. The Balaban J connectivity index is 1.36. The molecule has 7 nitrogen and oxygen atoms in total. The fraction of sp³-hybridized carbons (Fsp3) is 0.500. The molecule has 2 fully saturated rings. The van der Waals surface area contributed by atoms with E-state index in [1.807, 2.05) is 24.4 Å². The predicted octanol–water partition coefficient (Wildman–Crippen LogP) is 1.34. The number of amides is 1. The summed E-state index contributed by atoms with van der Waals surface area (Å²) in [5.74, 6) is 0.736. The van der Waals surface area contributed by atoms with Crippen molar-refractivity contribution in [3.63, 3.8) is 0 Å². The lowest BCUT2D eigenvalue weighted by Gasteiger charge is -2.47. The van der Waals surface area contributed by atoms with Crippen molar-refractivity contribution in [3.8, 4) is 0 Å². The lowest BCUT2D eigenvalue weighted by atomic mass is 9.89. The molecule has 2 saturated heterocycles. The van der Waals surface area contributed by atoms with Crippen molar-refractivity contribution in [2.75, 3.05) is 32.8 Å². The number of nitrogens with zero attached hydrogens (tertiary/aromatic N) is 3. The van der Waals surface area contributed by atoms with Crippen LogP contribution in [0.1, 0.15) is 30.3 Å². The average molecular weight is 370 g/mol. The van der Waals surface area contributed by atoms with E-state index in [2.05, 4.69) is 14.9 Å². The molecule has 1 atom stereocenters. The van der Waals surface area contributed by atoms with Crippen LogP contribution in [-0.4, -0.2) is 69.2 Å². The number of hydrogen-bond acceptors (Lipinski definition) is 5. The molecule has 2 aromatic rings. The molecule has 1 aromatic carbocycles. The van der Waals surface area contributed by atoms with Gasteiger partial charge in [-0.3, -0.25) is 9.69 Å². The number of H-pyrrole nitrogens is 1. The van der Waals surface area contributed by atoms with Gasteiger partial charge in [0.15, 0.2) is 6.10 Å². The number of aliphatic hydroxyl groups is 1. The smallest absolute Gasteiger partial charge is 0.256 e. The second kappa shape index (κ2) is 7.80. The van der Waals surface area contributed by atoms with Gasteiger partial charge in [0, 0.05) is 38.6 Å². The molecule has 0 saturated carbocycles. The monoisotopic (exact) mass is 370 g/mol. The van der Waals surface area contributed by atoms with Crippen LogP contribution in [-0.2, 0) is 16.1 Å². The van der Waals surface area contributed by atoms with E-state index in [9.17, 15) is 9.90 Å². The summed E-state index contributed by atoms with van der Waals surface area (Å²) in [6.45, 7) is 4.21. The zero-order valence-corrected chi connectivity index (χ0v) is 15.4. The third kappa shape index (κ3) is 4.05. The Kier molecular flexibility index (Phi) is 5.24. The van der Waals surface area contributed by atoms with Gasteiger partial charge in [0.05, 0.1) is 18.8 Å². The summed E-state index contributed by atoms with van der Waals surface area (Å²) in [7, 11) is 0. The van der Waals surface area contributed by atoms with E-state index in [0.29, 0.717) is 25.3 Å². The maximum absolute atomic E-state index is 12.8. The number of nitrogens with one attached hydrogen (secondary N) is 1. The van der Waals surface area contributed by atoms with Crippen LogP contribution < -0.4 is 0 Å². The highest BCUT2D eigenvalue weighted by molar-refractivity contribution is 5.82. The van der Waals surface area contributed by atoms with E-state index in [4.69, 9.17) is 4.74 Å². The average Bonchev–Trinajstić information content (AvgIpc) is 3.23. The third-order valence-electron chi connectivity index (χ3n) is 5.60. The molecule has 2 N–H and O–H groups in total. The fourth-order valence-corrected chi connectivity index (χ4v) is 4.00. The summed E-state index contributed by atoms with van der Waals surface area (Å²) in [5, 5.41) is 10.5. The van der Waals surface area contributed by atoms with Crippen molar-refractivity contribution in [2.24, 2.45) is 0 Å². The van der Waals surface area contributed by atoms with E-state index in [1.54, 1.807) is 23.2 Å². The highest BCUT2D eigenvalue weighted by Crippen LogP contribution is 2.31. The number of likely N-dealkylation sites (tertiary alicyclic amines) is 1. The van der Waals surface area contributed by atoms with Crippen LogP contribution >= 0.6 is 0 Å². The Morgan fingerprint density at radius 2 is 2.04 bits per heavy atom. The predicted molar refractivity (Wildman–Crippen MR) is 99.8 cm³/mol. The maximum Gasteiger partial charge on any atom is 0.256 e.